The minimum Gasteiger partial charge on any atom is -0.464 e. The number of carbonyl (C=O) groups excluding carboxylic acids is 5. The van der Waals surface area contributed by atoms with E-state index in [4.69, 9.17) is 9.47 Å². The average Bonchev–Trinajstić information content (AvgIpc) is 3.00. The monoisotopic (exact) mass is 597 g/mol. The van der Waals surface area contributed by atoms with Crippen LogP contribution in [0.4, 0.5) is 0 Å². The summed E-state index contributed by atoms with van der Waals surface area (Å²) in [5, 5.41) is 11.3. The molecular formula is C34H47NO8. The van der Waals surface area contributed by atoms with Crippen molar-refractivity contribution < 1.29 is 38.6 Å². The second-order valence-electron chi connectivity index (χ2n) is 11.7. The van der Waals surface area contributed by atoms with Gasteiger partial charge in [-0.25, -0.2) is 4.79 Å². The van der Waals surface area contributed by atoms with Crippen molar-refractivity contribution >= 4 is 29.2 Å². The van der Waals surface area contributed by atoms with Crippen molar-refractivity contribution in [2.75, 3.05) is 13.2 Å². The van der Waals surface area contributed by atoms with Crippen LogP contribution in [0.1, 0.15) is 96.8 Å². The summed E-state index contributed by atoms with van der Waals surface area (Å²) in [7, 11) is 0. The molecular weight excluding hydrogens is 550 g/mol. The molecule has 4 atom stereocenters. The number of amides is 1. The standard InChI is InChI=1S/C34H47NO8/c1-26-21-22-29-19-13-8-6-4-2-3-5-7-10-16-27(36)17-11-9-12-18-28(37)23-25-42-33(40)30-20-14-15-24-35(30)32(39)31(38)34(26,41)43-29/h2-6,8,12,18,26,29-30,41H,7,9-11,13-17,19-25H2,1H3/t26-,29-,30+,34-/m1/s1. The fourth-order valence-corrected chi connectivity index (χ4v) is 5.61. The van der Waals surface area contributed by atoms with E-state index in [1.165, 1.54) is 11.0 Å². The Morgan fingerprint density at radius 2 is 1.49 bits per heavy atom. The predicted molar refractivity (Wildman–Crippen MR) is 162 cm³/mol. The van der Waals surface area contributed by atoms with E-state index in [-0.39, 0.29) is 37.2 Å². The lowest BCUT2D eigenvalue weighted by atomic mass is 9.85. The summed E-state index contributed by atoms with van der Waals surface area (Å²) in [4.78, 5) is 65.2. The van der Waals surface area contributed by atoms with Gasteiger partial charge in [-0.1, -0.05) is 49.5 Å². The zero-order chi connectivity index (χ0) is 31.1. The van der Waals surface area contributed by atoms with Crippen LogP contribution in [0.15, 0.2) is 48.6 Å². The minimum absolute atomic E-state index is 0.00877. The van der Waals surface area contributed by atoms with E-state index < -0.39 is 35.4 Å². The summed E-state index contributed by atoms with van der Waals surface area (Å²) >= 11 is 0. The van der Waals surface area contributed by atoms with Gasteiger partial charge >= 0.3 is 5.97 Å². The third-order valence-corrected chi connectivity index (χ3v) is 8.30. The van der Waals surface area contributed by atoms with E-state index in [2.05, 4.69) is 0 Å². The Labute approximate surface area is 255 Å². The first-order valence-electron chi connectivity index (χ1n) is 15.8. The molecule has 0 aromatic rings. The number of allylic oxidation sites excluding steroid dienone is 8. The van der Waals surface area contributed by atoms with Crippen molar-refractivity contribution in [2.45, 2.75) is 115 Å². The van der Waals surface area contributed by atoms with Gasteiger partial charge in [0.2, 0.25) is 5.79 Å². The van der Waals surface area contributed by atoms with Crippen LogP contribution in [0.5, 0.6) is 0 Å². The second-order valence-corrected chi connectivity index (χ2v) is 11.7. The molecule has 0 aromatic carbocycles. The first-order chi connectivity index (χ1) is 20.7. The highest BCUT2D eigenvalue weighted by atomic mass is 16.6. The molecule has 0 saturated carbocycles. The molecule has 0 aromatic heterocycles. The second kappa shape index (κ2) is 17.8. The largest absolute Gasteiger partial charge is 0.464 e. The van der Waals surface area contributed by atoms with E-state index in [1.54, 1.807) is 13.0 Å². The summed E-state index contributed by atoms with van der Waals surface area (Å²) in [5.74, 6) is -5.50. The highest BCUT2D eigenvalue weighted by Gasteiger charge is 2.52. The number of piperidine rings is 1. The fourth-order valence-electron chi connectivity index (χ4n) is 5.61. The molecule has 2 saturated heterocycles. The number of rotatable bonds is 0. The van der Waals surface area contributed by atoms with Crippen molar-refractivity contribution in [1.82, 2.24) is 4.90 Å². The molecule has 3 rings (SSSR count). The lowest BCUT2D eigenvalue weighted by Crippen LogP contribution is -2.60. The number of nitrogens with zero attached hydrogens (tertiary/aromatic N) is 1. The molecule has 3 aliphatic heterocycles. The van der Waals surface area contributed by atoms with Gasteiger partial charge in [0.25, 0.3) is 11.7 Å². The van der Waals surface area contributed by atoms with Crippen LogP contribution in [0, 0.1) is 5.92 Å². The van der Waals surface area contributed by atoms with Crippen LogP contribution in [-0.4, -0.2) is 70.3 Å². The molecule has 0 radical (unpaired) electrons. The van der Waals surface area contributed by atoms with Crippen LogP contribution in [-0.2, 0) is 33.4 Å². The number of esters is 1. The van der Waals surface area contributed by atoms with Crippen molar-refractivity contribution in [2.24, 2.45) is 5.92 Å². The Bertz CT molecular complexity index is 1110. The van der Waals surface area contributed by atoms with E-state index in [0.29, 0.717) is 70.6 Å². The summed E-state index contributed by atoms with van der Waals surface area (Å²) in [6.45, 7) is 1.74. The summed E-state index contributed by atoms with van der Waals surface area (Å²) in [6, 6.07) is -0.962. The van der Waals surface area contributed by atoms with E-state index >= 15 is 0 Å². The Balaban J connectivity index is 1.69. The predicted octanol–water partition coefficient (Wildman–Crippen LogP) is 4.87. The van der Waals surface area contributed by atoms with Crippen LogP contribution in [0.3, 0.4) is 0 Å². The van der Waals surface area contributed by atoms with Gasteiger partial charge in [0.1, 0.15) is 11.8 Å². The maximum Gasteiger partial charge on any atom is 0.328 e. The first-order valence-corrected chi connectivity index (χ1v) is 15.8. The maximum atomic E-state index is 13.4. The summed E-state index contributed by atoms with van der Waals surface area (Å²) in [5.41, 5.74) is 0. The lowest BCUT2D eigenvalue weighted by molar-refractivity contribution is -0.263. The smallest absolute Gasteiger partial charge is 0.328 e. The zero-order valence-corrected chi connectivity index (χ0v) is 25.4. The zero-order valence-electron chi connectivity index (χ0n) is 25.4. The summed E-state index contributed by atoms with van der Waals surface area (Å²) < 4.78 is 11.2. The number of hydrogen-bond acceptors (Lipinski definition) is 8. The van der Waals surface area contributed by atoms with Gasteiger partial charge in [-0.3, -0.25) is 19.2 Å². The molecule has 1 amide bonds. The number of fused-ring (bicyclic) bond motifs is 3. The number of ether oxygens (including phenoxy) is 2. The van der Waals surface area contributed by atoms with Crippen LogP contribution in [0.25, 0.3) is 0 Å². The quantitative estimate of drug-likeness (QED) is 0.310. The molecule has 0 unspecified atom stereocenters. The van der Waals surface area contributed by atoms with Crippen molar-refractivity contribution in [3.63, 3.8) is 0 Å². The molecule has 2 bridgehead atoms. The highest BCUT2D eigenvalue weighted by molar-refractivity contribution is 6.39. The lowest BCUT2D eigenvalue weighted by Gasteiger charge is -2.42. The molecule has 236 valence electrons. The molecule has 9 nitrogen and oxygen atoms in total. The third-order valence-electron chi connectivity index (χ3n) is 8.30. The fraction of sp³-hybridized carbons (Fsp3) is 0.618. The molecule has 1 N–H and O–H groups in total. The maximum absolute atomic E-state index is 13.4. The Morgan fingerprint density at radius 3 is 2.23 bits per heavy atom. The Kier molecular flexibility index (Phi) is 14.2. The van der Waals surface area contributed by atoms with Gasteiger partial charge in [-0.15, -0.1) is 0 Å². The van der Waals surface area contributed by atoms with Crippen LogP contribution in [0.2, 0.25) is 0 Å². The number of ketones is 3. The normalized spacial score (nSPS) is 30.2. The van der Waals surface area contributed by atoms with Crippen molar-refractivity contribution in [1.29, 1.82) is 0 Å². The van der Waals surface area contributed by atoms with Crippen molar-refractivity contribution in [3.05, 3.63) is 48.6 Å². The van der Waals surface area contributed by atoms with Crippen LogP contribution >= 0.6 is 0 Å². The number of aliphatic hydroxyl groups is 1. The van der Waals surface area contributed by atoms with Crippen LogP contribution < -0.4 is 0 Å². The molecule has 43 heavy (non-hydrogen) atoms. The van der Waals surface area contributed by atoms with Crippen molar-refractivity contribution in [3.8, 4) is 0 Å². The number of Topliss-reactive ketones (excluding diaryl/α,β-unsaturated/α-hetero) is 2. The van der Waals surface area contributed by atoms with E-state index in [1.807, 2.05) is 36.5 Å². The van der Waals surface area contributed by atoms with Gasteiger partial charge in [0.15, 0.2) is 5.78 Å². The highest BCUT2D eigenvalue weighted by Crippen LogP contribution is 2.35. The number of carbonyl (C=O) groups is 5. The molecule has 0 spiro atoms. The Hall–Kier alpha value is -3.17. The van der Waals surface area contributed by atoms with Gasteiger partial charge in [0, 0.05) is 31.7 Å². The van der Waals surface area contributed by atoms with Gasteiger partial charge in [-0.05, 0) is 76.7 Å². The molecule has 0 aliphatic carbocycles. The summed E-state index contributed by atoms with van der Waals surface area (Å²) in [6.07, 6.45) is 22.5. The molecule has 3 heterocycles. The average molecular weight is 598 g/mol. The van der Waals surface area contributed by atoms with E-state index in [0.717, 1.165) is 12.8 Å². The van der Waals surface area contributed by atoms with E-state index in [9.17, 15) is 29.1 Å². The molecule has 2 fully saturated rings. The first kappa shape index (κ1) is 34.3. The number of cyclic esters (lactones) is 1. The van der Waals surface area contributed by atoms with Gasteiger partial charge in [-0.2, -0.15) is 0 Å². The third kappa shape index (κ3) is 10.8. The topological polar surface area (TPSA) is 127 Å². The van der Waals surface area contributed by atoms with Gasteiger partial charge in [0.05, 0.1) is 12.7 Å². The number of hydrogen-bond donors (Lipinski definition) is 1. The SMILES string of the molecule is C[C@@H]1CC[C@H]2CCC=CC=CC=CCCCC(=O)CCCC=CC(=O)CCOC(=O)[C@@H]3CCCCN3C(=O)C(=O)[C@]1(O)O2. The molecule has 3 aliphatic rings. The Morgan fingerprint density at radius 1 is 0.791 bits per heavy atom. The van der Waals surface area contributed by atoms with Gasteiger partial charge < -0.3 is 19.5 Å². The molecule has 9 heteroatoms. The minimum atomic E-state index is -2.26.